The predicted molar refractivity (Wildman–Crippen MR) is 129 cm³/mol. The summed E-state index contributed by atoms with van der Waals surface area (Å²) in [5, 5.41) is 3.29. The minimum absolute atomic E-state index is 0.0298. The van der Waals surface area contributed by atoms with Crippen LogP contribution in [0.25, 0.3) is 0 Å². The van der Waals surface area contributed by atoms with E-state index in [-0.39, 0.29) is 11.9 Å². The molecular weight excluding hydrogens is 400 g/mol. The van der Waals surface area contributed by atoms with Crippen LogP contribution in [0.4, 0.5) is 11.4 Å². The van der Waals surface area contributed by atoms with Gasteiger partial charge in [0.1, 0.15) is 0 Å². The van der Waals surface area contributed by atoms with E-state index in [2.05, 4.69) is 57.4 Å². The van der Waals surface area contributed by atoms with Gasteiger partial charge in [-0.1, -0.05) is 12.1 Å². The summed E-state index contributed by atoms with van der Waals surface area (Å²) in [4.78, 5) is 20.1. The first-order valence-electron chi connectivity index (χ1n) is 12.0. The molecule has 0 saturated carbocycles. The first kappa shape index (κ1) is 21.3. The Morgan fingerprint density at radius 1 is 0.938 bits per heavy atom. The summed E-state index contributed by atoms with van der Waals surface area (Å²) in [5.41, 5.74) is 6.17. The smallest absolute Gasteiger partial charge is 0.251 e. The number of morpholine rings is 1. The highest BCUT2D eigenvalue weighted by molar-refractivity contribution is 5.94. The highest BCUT2D eigenvalue weighted by atomic mass is 16.5. The third kappa shape index (κ3) is 4.62. The van der Waals surface area contributed by atoms with Gasteiger partial charge in [0.05, 0.1) is 13.2 Å². The molecule has 2 fully saturated rings. The van der Waals surface area contributed by atoms with E-state index in [1.54, 1.807) is 0 Å². The molecule has 2 aliphatic heterocycles. The number of fused-ring (bicyclic) bond motifs is 1. The number of hydrogen-bond acceptors (Lipinski definition) is 5. The van der Waals surface area contributed by atoms with Gasteiger partial charge in [0.25, 0.3) is 5.91 Å². The zero-order chi connectivity index (χ0) is 21.9. The molecule has 6 heteroatoms. The first-order chi connectivity index (χ1) is 15.7. The number of hydrogen-bond donors (Lipinski definition) is 1. The molecule has 1 amide bonds. The maximum absolute atomic E-state index is 12.9. The van der Waals surface area contributed by atoms with E-state index < -0.39 is 0 Å². The summed E-state index contributed by atoms with van der Waals surface area (Å²) in [6, 6.07) is 14.9. The molecule has 1 aliphatic carbocycles. The average molecular weight is 435 g/mol. The van der Waals surface area contributed by atoms with Gasteiger partial charge in [-0.05, 0) is 67.8 Å². The second-order valence-corrected chi connectivity index (χ2v) is 9.26. The van der Waals surface area contributed by atoms with E-state index in [4.69, 9.17) is 4.74 Å². The average Bonchev–Trinajstić information content (AvgIpc) is 2.85. The molecule has 2 aromatic carbocycles. The molecule has 0 unspecified atom stereocenters. The van der Waals surface area contributed by atoms with Crippen molar-refractivity contribution in [2.45, 2.75) is 25.3 Å². The van der Waals surface area contributed by atoms with Crippen LogP contribution in [-0.2, 0) is 17.6 Å². The Morgan fingerprint density at radius 3 is 2.44 bits per heavy atom. The molecule has 170 valence electrons. The maximum Gasteiger partial charge on any atom is 0.251 e. The third-order valence-corrected chi connectivity index (χ3v) is 7.14. The molecule has 1 N–H and O–H groups in total. The Hall–Kier alpha value is -2.57. The highest BCUT2D eigenvalue weighted by Gasteiger charge is 2.25. The summed E-state index contributed by atoms with van der Waals surface area (Å²) in [6.07, 6.45) is 2.93. The van der Waals surface area contributed by atoms with Crippen molar-refractivity contribution in [2.75, 3.05) is 69.3 Å². The molecule has 32 heavy (non-hydrogen) atoms. The van der Waals surface area contributed by atoms with Crippen LogP contribution < -0.4 is 15.1 Å². The first-order valence-corrected chi connectivity index (χ1v) is 12.0. The number of amides is 1. The second kappa shape index (κ2) is 9.51. The van der Waals surface area contributed by atoms with Crippen LogP contribution in [0.15, 0.2) is 42.5 Å². The molecule has 2 saturated heterocycles. The molecule has 0 bridgehead atoms. The monoisotopic (exact) mass is 434 g/mol. The molecule has 0 aromatic heterocycles. The van der Waals surface area contributed by atoms with Gasteiger partial charge >= 0.3 is 0 Å². The lowest BCUT2D eigenvalue weighted by Crippen LogP contribution is -2.45. The van der Waals surface area contributed by atoms with Crippen molar-refractivity contribution in [1.29, 1.82) is 0 Å². The van der Waals surface area contributed by atoms with Gasteiger partial charge in [-0.2, -0.15) is 0 Å². The molecule has 5 rings (SSSR count). The minimum atomic E-state index is 0.0298. The van der Waals surface area contributed by atoms with Crippen molar-refractivity contribution < 1.29 is 9.53 Å². The number of anilines is 2. The lowest BCUT2D eigenvalue weighted by atomic mass is 9.86. The summed E-state index contributed by atoms with van der Waals surface area (Å²) in [5.74, 6) is 0.0298. The van der Waals surface area contributed by atoms with Crippen molar-refractivity contribution in [2.24, 2.45) is 0 Å². The fourth-order valence-electron chi connectivity index (χ4n) is 5.17. The molecule has 2 aromatic rings. The molecule has 2 heterocycles. The lowest BCUT2D eigenvalue weighted by Gasteiger charge is -2.37. The van der Waals surface area contributed by atoms with Gasteiger partial charge in [-0.25, -0.2) is 0 Å². The van der Waals surface area contributed by atoms with Crippen molar-refractivity contribution in [3.8, 4) is 0 Å². The number of ether oxygens (including phenoxy) is 1. The largest absolute Gasteiger partial charge is 0.378 e. The molecule has 1 atom stereocenters. The molecule has 6 nitrogen and oxygen atoms in total. The van der Waals surface area contributed by atoms with Gasteiger partial charge in [0.2, 0.25) is 0 Å². The van der Waals surface area contributed by atoms with Gasteiger partial charge in [0.15, 0.2) is 0 Å². The summed E-state index contributed by atoms with van der Waals surface area (Å²) >= 11 is 0. The Kier molecular flexibility index (Phi) is 6.32. The van der Waals surface area contributed by atoms with Gasteiger partial charge in [0, 0.05) is 62.2 Å². The summed E-state index contributed by atoms with van der Waals surface area (Å²) in [7, 11) is 2.20. The van der Waals surface area contributed by atoms with E-state index in [9.17, 15) is 4.79 Å². The Morgan fingerprint density at radius 2 is 1.69 bits per heavy atom. The quantitative estimate of drug-likeness (QED) is 0.802. The number of carbonyl (C=O) groups is 1. The number of benzene rings is 2. The fourth-order valence-corrected chi connectivity index (χ4v) is 5.17. The number of likely N-dealkylation sites (N-methyl/N-ethyl adjacent to an activating group) is 1. The fraction of sp³-hybridized carbons (Fsp3) is 0.500. The van der Waals surface area contributed by atoms with E-state index in [0.29, 0.717) is 0 Å². The van der Waals surface area contributed by atoms with Gasteiger partial charge in [-0.3, -0.25) is 4.79 Å². The summed E-state index contributed by atoms with van der Waals surface area (Å²) < 4.78 is 5.43. The van der Waals surface area contributed by atoms with E-state index in [0.717, 1.165) is 83.0 Å². The number of nitrogens with one attached hydrogen (secondary N) is 1. The van der Waals surface area contributed by atoms with Crippen LogP contribution in [0.5, 0.6) is 0 Å². The lowest BCUT2D eigenvalue weighted by molar-refractivity contribution is 0.0933. The minimum Gasteiger partial charge on any atom is -0.378 e. The topological polar surface area (TPSA) is 48.0 Å². The van der Waals surface area contributed by atoms with E-state index >= 15 is 0 Å². The number of carbonyl (C=O) groups excluding carboxylic acids is 1. The van der Waals surface area contributed by atoms with Crippen molar-refractivity contribution in [3.63, 3.8) is 0 Å². The Labute approximate surface area is 191 Å². The molecule has 3 aliphatic rings. The van der Waals surface area contributed by atoms with Crippen molar-refractivity contribution in [3.05, 3.63) is 59.2 Å². The zero-order valence-electron chi connectivity index (χ0n) is 19.1. The Bertz CT molecular complexity index is 931. The normalized spacial score (nSPS) is 21.8. The third-order valence-electron chi connectivity index (χ3n) is 7.14. The van der Waals surface area contributed by atoms with Crippen LogP contribution in [0.1, 0.15) is 27.9 Å². The molecule has 0 radical (unpaired) electrons. The van der Waals surface area contributed by atoms with Gasteiger partial charge < -0.3 is 24.8 Å². The van der Waals surface area contributed by atoms with E-state index in [1.165, 1.54) is 16.8 Å². The number of piperazine rings is 1. The number of rotatable bonds is 4. The van der Waals surface area contributed by atoms with Crippen LogP contribution in [-0.4, -0.2) is 76.4 Å². The van der Waals surface area contributed by atoms with Crippen LogP contribution >= 0.6 is 0 Å². The SMILES string of the molecule is CN1CCN(c2cccc3c2CC[C@@H](NC(=O)c2ccc(N4CCOCC4)cc2)C3)CC1. The van der Waals surface area contributed by atoms with Crippen LogP contribution in [0.3, 0.4) is 0 Å². The summed E-state index contributed by atoms with van der Waals surface area (Å²) in [6.45, 7) is 7.76. The van der Waals surface area contributed by atoms with Gasteiger partial charge in [-0.15, -0.1) is 0 Å². The molecular formula is C26H34N4O2. The predicted octanol–water partition coefficient (Wildman–Crippen LogP) is 2.56. The number of nitrogens with zero attached hydrogens (tertiary/aromatic N) is 3. The van der Waals surface area contributed by atoms with Crippen molar-refractivity contribution >= 4 is 17.3 Å². The second-order valence-electron chi connectivity index (χ2n) is 9.26. The molecule has 0 spiro atoms. The van der Waals surface area contributed by atoms with Crippen LogP contribution in [0.2, 0.25) is 0 Å². The zero-order valence-corrected chi connectivity index (χ0v) is 19.1. The Balaban J connectivity index is 1.21. The maximum atomic E-state index is 12.9. The van der Waals surface area contributed by atoms with Crippen molar-refractivity contribution in [1.82, 2.24) is 10.2 Å². The van der Waals surface area contributed by atoms with E-state index in [1.807, 2.05) is 12.1 Å². The van der Waals surface area contributed by atoms with Crippen LogP contribution in [0, 0.1) is 0 Å². The standard InChI is InChI=1S/C26H34N4O2/c1-28-11-13-30(14-12-28)25-4-2-3-21-19-22(7-10-24(21)25)27-26(31)20-5-8-23(9-6-20)29-15-17-32-18-16-29/h2-6,8-9,22H,7,10-19H2,1H3,(H,27,31)/t22-/m1/s1. The highest BCUT2D eigenvalue weighted by Crippen LogP contribution is 2.31.